The van der Waals surface area contributed by atoms with Crippen molar-refractivity contribution in [1.29, 1.82) is 0 Å². The lowest BCUT2D eigenvalue weighted by molar-refractivity contribution is 0.101. The summed E-state index contributed by atoms with van der Waals surface area (Å²) in [6.45, 7) is 5.60. The molecule has 3 rings (SSSR count). The summed E-state index contributed by atoms with van der Waals surface area (Å²) in [5, 5.41) is 14.3. The van der Waals surface area contributed by atoms with Crippen LogP contribution >= 0.6 is 0 Å². The molecule has 0 radical (unpaired) electrons. The minimum absolute atomic E-state index is 0.00744. The van der Waals surface area contributed by atoms with Crippen molar-refractivity contribution in [2.75, 3.05) is 10.6 Å². The van der Waals surface area contributed by atoms with E-state index in [0.29, 0.717) is 17.3 Å². The van der Waals surface area contributed by atoms with Crippen LogP contribution in [0.4, 0.5) is 23.1 Å². The van der Waals surface area contributed by atoms with Gasteiger partial charge >= 0.3 is 0 Å². The number of Topliss-reactive ketones (excluding diaryl/α,β-unsaturated/α-hetero) is 1. The minimum atomic E-state index is 0.00744. The van der Waals surface area contributed by atoms with Crippen molar-refractivity contribution in [3.05, 3.63) is 65.4 Å². The Labute approximate surface area is 146 Å². The van der Waals surface area contributed by atoms with Crippen LogP contribution in [0.3, 0.4) is 0 Å². The Morgan fingerprint density at radius 1 is 1.04 bits per heavy atom. The van der Waals surface area contributed by atoms with E-state index in [4.69, 9.17) is 0 Å². The van der Waals surface area contributed by atoms with Crippen molar-refractivity contribution in [2.45, 2.75) is 20.8 Å². The van der Waals surface area contributed by atoms with Crippen LogP contribution in [0.1, 0.15) is 28.4 Å². The summed E-state index contributed by atoms with van der Waals surface area (Å²) in [6.07, 6.45) is 1.57. The molecule has 126 valence electrons. The largest absolute Gasteiger partial charge is 0.339 e. The highest BCUT2D eigenvalue weighted by molar-refractivity contribution is 5.95. The Balaban J connectivity index is 1.81. The molecule has 2 aromatic carbocycles. The number of anilines is 4. The van der Waals surface area contributed by atoms with Crippen LogP contribution in [0.25, 0.3) is 0 Å². The lowest BCUT2D eigenvalue weighted by atomic mass is 10.1. The van der Waals surface area contributed by atoms with Gasteiger partial charge in [0, 0.05) is 16.9 Å². The molecular weight excluding hydrogens is 314 g/mol. The maximum absolute atomic E-state index is 11.5. The van der Waals surface area contributed by atoms with Gasteiger partial charge in [-0.2, -0.15) is 10.1 Å². The second-order valence-corrected chi connectivity index (χ2v) is 5.87. The average molecular weight is 333 g/mol. The molecule has 2 N–H and O–H groups in total. The molecule has 3 aromatic rings. The maximum atomic E-state index is 11.5. The lowest BCUT2D eigenvalue weighted by Crippen LogP contribution is -2.03. The highest BCUT2D eigenvalue weighted by atomic mass is 16.1. The van der Waals surface area contributed by atoms with E-state index in [1.54, 1.807) is 18.3 Å². The van der Waals surface area contributed by atoms with Gasteiger partial charge in [-0.05, 0) is 50.1 Å². The fraction of sp³-hybridized carbons (Fsp3) is 0.158. The Bertz CT molecular complexity index is 923. The van der Waals surface area contributed by atoms with Crippen molar-refractivity contribution in [2.24, 2.45) is 0 Å². The van der Waals surface area contributed by atoms with Crippen LogP contribution in [0.5, 0.6) is 0 Å². The Morgan fingerprint density at radius 2 is 1.88 bits per heavy atom. The minimum Gasteiger partial charge on any atom is -0.339 e. The predicted octanol–water partition coefficient (Wildman–Crippen LogP) is 4.18. The maximum Gasteiger partial charge on any atom is 0.249 e. The molecule has 0 saturated carbocycles. The van der Waals surface area contributed by atoms with E-state index in [2.05, 4.69) is 44.0 Å². The number of benzene rings is 2. The summed E-state index contributed by atoms with van der Waals surface area (Å²) < 4.78 is 0. The quantitative estimate of drug-likeness (QED) is 0.682. The average Bonchev–Trinajstić information content (AvgIpc) is 2.59. The molecule has 1 heterocycles. The second kappa shape index (κ2) is 7.09. The van der Waals surface area contributed by atoms with Crippen LogP contribution in [0.2, 0.25) is 0 Å². The summed E-state index contributed by atoms with van der Waals surface area (Å²) in [4.78, 5) is 15.9. The number of nitrogens with zero attached hydrogens (tertiary/aromatic N) is 3. The zero-order chi connectivity index (χ0) is 17.8. The number of aryl methyl sites for hydroxylation is 2. The summed E-state index contributed by atoms with van der Waals surface area (Å²) in [7, 11) is 0. The van der Waals surface area contributed by atoms with Crippen molar-refractivity contribution in [3.8, 4) is 0 Å². The molecular formula is C19H19N5O. The third kappa shape index (κ3) is 4.17. The SMILES string of the molecule is CC(=O)c1cccc(Nc2nncc(Nc3cc(C)ccc3C)n2)c1. The number of nitrogens with one attached hydrogen (secondary N) is 2. The van der Waals surface area contributed by atoms with E-state index in [-0.39, 0.29) is 5.78 Å². The third-order valence-electron chi connectivity index (χ3n) is 3.74. The van der Waals surface area contributed by atoms with Gasteiger partial charge in [0.1, 0.15) is 0 Å². The zero-order valence-electron chi connectivity index (χ0n) is 14.4. The van der Waals surface area contributed by atoms with E-state index in [9.17, 15) is 4.79 Å². The van der Waals surface area contributed by atoms with E-state index in [0.717, 1.165) is 22.5 Å². The molecule has 25 heavy (non-hydrogen) atoms. The molecule has 1 aromatic heterocycles. The number of hydrogen-bond donors (Lipinski definition) is 2. The van der Waals surface area contributed by atoms with Crippen molar-refractivity contribution in [1.82, 2.24) is 15.2 Å². The second-order valence-electron chi connectivity index (χ2n) is 5.87. The van der Waals surface area contributed by atoms with Gasteiger partial charge in [0.25, 0.3) is 0 Å². The Hall–Kier alpha value is -3.28. The van der Waals surface area contributed by atoms with Crippen LogP contribution < -0.4 is 10.6 Å². The van der Waals surface area contributed by atoms with Gasteiger partial charge < -0.3 is 10.6 Å². The summed E-state index contributed by atoms with van der Waals surface area (Å²) >= 11 is 0. The number of rotatable bonds is 5. The highest BCUT2D eigenvalue weighted by Crippen LogP contribution is 2.21. The molecule has 0 fully saturated rings. The van der Waals surface area contributed by atoms with Gasteiger partial charge in [0.15, 0.2) is 11.6 Å². The summed E-state index contributed by atoms with van der Waals surface area (Å²) in [5.41, 5.74) is 4.62. The van der Waals surface area contributed by atoms with Crippen molar-refractivity contribution < 1.29 is 4.79 Å². The van der Waals surface area contributed by atoms with Crippen LogP contribution in [0.15, 0.2) is 48.7 Å². The molecule has 0 spiro atoms. The monoisotopic (exact) mass is 333 g/mol. The molecule has 0 saturated heterocycles. The van der Waals surface area contributed by atoms with Gasteiger partial charge in [-0.1, -0.05) is 24.3 Å². The molecule has 0 aliphatic carbocycles. The Kier molecular flexibility index (Phi) is 4.70. The zero-order valence-corrected chi connectivity index (χ0v) is 14.4. The normalized spacial score (nSPS) is 10.4. The van der Waals surface area contributed by atoms with E-state index in [1.165, 1.54) is 6.92 Å². The van der Waals surface area contributed by atoms with Gasteiger partial charge in [-0.3, -0.25) is 4.79 Å². The molecule has 0 bridgehead atoms. The standard InChI is InChI=1S/C19H19N5O/c1-12-7-8-13(2)17(9-12)22-18-11-20-24-19(23-18)21-16-6-4-5-15(10-16)14(3)25/h4-11H,1-3H3,(H2,21,22,23,24). The first-order valence-corrected chi connectivity index (χ1v) is 7.93. The first-order chi connectivity index (χ1) is 12.0. The third-order valence-corrected chi connectivity index (χ3v) is 3.74. The van der Waals surface area contributed by atoms with E-state index >= 15 is 0 Å². The molecule has 0 amide bonds. The number of carbonyl (C=O) groups excluding carboxylic acids is 1. The van der Waals surface area contributed by atoms with Gasteiger partial charge in [0.2, 0.25) is 5.95 Å². The molecule has 6 heteroatoms. The van der Waals surface area contributed by atoms with Crippen molar-refractivity contribution >= 4 is 28.9 Å². The lowest BCUT2D eigenvalue weighted by Gasteiger charge is -2.11. The van der Waals surface area contributed by atoms with Crippen LogP contribution in [-0.2, 0) is 0 Å². The first-order valence-electron chi connectivity index (χ1n) is 7.93. The molecule has 0 aliphatic heterocycles. The van der Waals surface area contributed by atoms with Gasteiger partial charge in [0.05, 0.1) is 6.20 Å². The van der Waals surface area contributed by atoms with Crippen LogP contribution in [0, 0.1) is 13.8 Å². The predicted molar refractivity (Wildman–Crippen MR) is 98.8 cm³/mol. The van der Waals surface area contributed by atoms with Gasteiger partial charge in [-0.25, -0.2) is 0 Å². The topological polar surface area (TPSA) is 79.8 Å². The Morgan fingerprint density at radius 3 is 2.68 bits per heavy atom. The molecule has 6 nitrogen and oxygen atoms in total. The highest BCUT2D eigenvalue weighted by Gasteiger charge is 2.06. The van der Waals surface area contributed by atoms with Gasteiger partial charge in [-0.15, -0.1) is 5.10 Å². The van der Waals surface area contributed by atoms with Crippen LogP contribution in [-0.4, -0.2) is 21.0 Å². The fourth-order valence-corrected chi connectivity index (χ4v) is 2.37. The molecule has 0 atom stereocenters. The fourth-order valence-electron chi connectivity index (χ4n) is 2.37. The first kappa shape index (κ1) is 16.6. The number of hydrogen-bond acceptors (Lipinski definition) is 6. The van der Waals surface area contributed by atoms with Crippen molar-refractivity contribution in [3.63, 3.8) is 0 Å². The summed E-state index contributed by atoms with van der Waals surface area (Å²) in [6, 6.07) is 13.4. The number of carbonyl (C=O) groups is 1. The van der Waals surface area contributed by atoms with E-state index < -0.39 is 0 Å². The summed E-state index contributed by atoms with van der Waals surface area (Å²) in [5.74, 6) is 0.956. The van der Waals surface area contributed by atoms with E-state index in [1.807, 2.05) is 26.0 Å². The smallest absolute Gasteiger partial charge is 0.249 e. The molecule has 0 aliphatic rings. The molecule has 0 unspecified atom stereocenters. The number of aromatic nitrogens is 3. The number of ketones is 1.